The summed E-state index contributed by atoms with van der Waals surface area (Å²) in [5.74, 6) is -0.594. The second kappa shape index (κ2) is 12.0. The highest BCUT2D eigenvalue weighted by molar-refractivity contribution is 7.97. The maximum atomic E-state index is 14.9. The minimum Gasteiger partial charge on any atom is -0.207 e. The lowest BCUT2D eigenvalue weighted by Gasteiger charge is -2.51. The van der Waals surface area contributed by atoms with Crippen molar-refractivity contribution in [2.45, 2.75) is 43.9 Å². The van der Waals surface area contributed by atoms with Crippen LogP contribution in [0.15, 0.2) is 109 Å². The summed E-state index contributed by atoms with van der Waals surface area (Å²) < 4.78 is 32.3. The van der Waals surface area contributed by atoms with Crippen LogP contribution in [-0.2, 0) is 0 Å². The molecule has 39 heavy (non-hydrogen) atoms. The maximum absolute atomic E-state index is 14.9. The number of nitrogens with zero attached hydrogens (tertiary/aromatic N) is 1. The maximum Gasteiger partial charge on any atom is 0.127 e. The van der Waals surface area contributed by atoms with E-state index in [2.05, 4.69) is 72.0 Å². The predicted molar refractivity (Wildman–Crippen MR) is 166 cm³/mol. The number of hydrogen-bond donors (Lipinski definition) is 0. The SMILES string of the molecule is [CH2-][P+](c1cccc(F)c1)(c1cccc(F)c1)N(CCCC)[P+]1([CH2-])[C@H](c2ccccc2)CC[C@H]1c1ccccc1. The molecule has 0 aliphatic carbocycles. The van der Waals surface area contributed by atoms with E-state index in [4.69, 9.17) is 13.3 Å². The molecule has 1 nitrogen and oxygen atoms in total. The third kappa shape index (κ3) is 5.35. The highest BCUT2D eigenvalue weighted by Gasteiger charge is 2.60. The normalized spacial score (nSPS) is 18.9. The van der Waals surface area contributed by atoms with Gasteiger partial charge in [0.2, 0.25) is 0 Å². The van der Waals surface area contributed by atoms with Gasteiger partial charge in [-0.1, -0.05) is 86.1 Å². The van der Waals surface area contributed by atoms with E-state index >= 15 is 0 Å². The van der Waals surface area contributed by atoms with Gasteiger partial charge in [0.25, 0.3) is 0 Å². The summed E-state index contributed by atoms with van der Waals surface area (Å²) in [7, 11) is -4.99. The second-order valence-corrected chi connectivity index (χ2v) is 17.4. The molecule has 0 radical (unpaired) electrons. The molecule has 2 atom stereocenters. The van der Waals surface area contributed by atoms with Crippen molar-refractivity contribution in [2.24, 2.45) is 0 Å². The van der Waals surface area contributed by atoms with Gasteiger partial charge in [-0.3, -0.25) is 0 Å². The zero-order valence-electron chi connectivity index (χ0n) is 22.6. The molecule has 1 aliphatic rings. The van der Waals surface area contributed by atoms with Crippen molar-refractivity contribution < 1.29 is 8.78 Å². The number of hydrogen-bond acceptors (Lipinski definition) is 1. The zero-order valence-corrected chi connectivity index (χ0v) is 24.4. The van der Waals surface area contributed by atoms with E-state index in [-0.39, 0.29) is 23.0 Å². The van der Waals surface area contributed by atoms with Crippen molar-refractivity contribution in [1.82, 2.24) is 4.44 Å². The number of unbranched alkanes of at least 4 members (excludes halogenated alkanes) is 1. The first-order valence-corrected chi connectivity index (χ1v) is 17.7. The molecule has 1 heterocycles. The first-order chi connectivity index (χ1) is 18.9. The van der Waals surface area contributed by atoms with Crippen molar-refractivity contribution >= 4 is 25.4 Å². The minimum absolute atomic E-state index is 0.240. The van der Waals surface area contributed by atoms with E-state index in [0.717, 1.165) is 42.8 Å². The van der Waals surface area contributed by atoms with Crippen molar-refractivity contribution in [3.8, 4) is 0 Å². The fourth-order valence-electron chi connectivity index (χ4n) is 6.27. The Morgan fingerprint density at radius 2 is 1.21 bits per heavy atom. The molecule has 0 aromatic heterocycles. The molecule has 5 heteroatoms. The average molecular weight is 560 g/mol. The van der Waals surface area contributed by atoms with Gasteiger partial charge in [-0.15, -0.1) is 11.1 Å². The Hall–Kier alpha value is -2.44. The molecule has 1 fully saturated rings. The molecule has 0 spiro atoms. The Kier molecular flexibility index (Phi) is 8.63. The average Bonchev–Trinajstić information content (AvgIpc) is 3.31. The van der Waals surface area contributed by atoms with Gasteiger partial charge in [-0.05, 0) is 54.7 Å². The molecule has 0 unspecified atom stereocenters. The van der Waals surface area contributed by atoms with E-state index in [1.54, 1.807) is 24.3 Å². The van der Waals surface area contributed by atoms with Crippen LogP contribution < -0.4 is 10.6 Å². The number of halogens is 2. The molecule has 0 N–H and O–H groups in total. The Bertz CT molecular complexity index is 1290. The van der Waals surface area contributed by atoms with Crippen LogP contribution in [0.2, 0.25) is 0 Å². The van der Waals surface area contributed by atoms with Crippen LogP contribution in [0.25, 0.3) is 0 Å². The van der Waals surface area contributed by atoms with Crippen LogP contribution >= 0.6 is 14.8 Å². The molecule has 4 aromatic rings. The van der Waals surface area contributed by atoms with Gasteiger partial charge in [0.05, 0.1) is 35.9 Å². The second-order valence-electron chi connectivity index (χ2n) is 10.5. The fourth-order valence-corrected chi connectivity index (χ4v) is 16.7. The van der Waals surface area contributed by atoms with Crippen molar-refractivity contribution in [2.75, 3.05) is 6.54 Å². The molecule has 202 valence electrons. The molecule has 1 aliphatic heterocycles. The lowest BCUT2D eigenvalue weighted by atomic mass is 10.0. The van der Waals surface area contributed by atoms with E-state index in [1.807, 2.05) is 12.1 Å². The highest BCUT2D eigenvalue weighted by Crippen LogP contribution is 2.91. The van der Waals surface area contributed by atoms with Crippen molar-refractivity contribution in [3.63, 3.8) is 0 Å². The number of benzene rings is 4. The van der Waals surface area contributed by atoms with E-state index in [9.17, 15) is 8.78 Å². The minimum atomic E-state index is -2.71. The van der Waals surface area contributed by atoms with Gasteiger partial charge in [0, 0.05) is 19.5 Å². The van der Waals surface area contributed by atoms with Gasteiger partial charge in [0.1, 0.15) is 11.6 Å². The van der Waals surface area contributed by atoms with Crippen molar-refractivity contribution in [3.05, 3.63) is 145 Å². The van der Waals surface area contributed by atoms with Crippen LogP contribution in [-0.4, -0.2) is 11.0 Å². The molecule has 0 bridgehead atoms. The smallest absolute Gasteiger partial charge is 0.127 e. The number of rotatable bonds is 9. The third-order valence-electron chi connectivity index (χ3n) is 8.17. The summed E-state index contributed by atoms with van der Waals surface area (Å²) >= 11 is 0. The van der Waals surface area contributed by atoms with Crippen LogP contribution in [0.4, 0.5) is 8.78 Å². The lowest BCUT2D eigenvalue weighted by Crippen LogP contribution is -2.37. The quantitative estimate of drug-likeness (QED) is 0.146. The molecule has 0 saturated carbocycles. The molecule has 4 aromatic carbocycles. The van der Waals surface area contributed by atoms with Crippen LogP contribution in [0.1, 0.15) is 55.1 Å². The van der Waals surface area contributed by atoms with E-state index in [0.29, 0.717) is 0 Å². The summed E-state index contributed by atoms with van der Waals surface area (Å²) in [6.45, 7) is 13.2. The summed E-state index contributed by atoms with van der Waals surface area (Å²) in [6, 6.07) is 35.1. The molecule has 1 saturated heterocycles. The summed E-state index contributed by atoms with van der Waals surface area (Å²) in [5.41, 5.74) is 3.07. The van der Waals surface area contributed by atoms with Crippen LogP contribution in [0.3, 0.4) is 0 Å². The standard InChI is InChI=1S/C34H37F2NP2/c1-4-5-24-37(38(2,31-20-12-18-29(35)25-31)32-21-13-19-30(36)26-32)39(3)33(27-14-8-6-9-15-27)22-23-34(39)28-16-10-7-11-17-28/h6-21,25-26,33-34H,2-5,22-24H2,1H3/t33-,34-/m0/s1. The van der Waals surface area contributed by atoms with Gasteiger partial charge >= 0.3 is 0 Å². The predicted octanol–water partition coefficient (Wildman–Crippen LogP) is 9.74. The Morgan fingerprint density at radius 1 is 0.744 bits per heavy atom. The van der Waals surface area contributed by atoms with Gasteiger partial charge < -0.3 is 0 Å². The Labute approximate surface area is 234 Å². The summed E-state index contributed by atoms with van der Waals surface area (Å²) in [6.07, 6.45) is 4.02. The molecular weight excluding hydrogens is 522 g/mol. The first kappa shape index (κ1) is 28.1. The van der Waals surface area contributed by atoms with Crippen LogP contribution in [0, 0.1) is 25.0 Å². The lowest BCUT2D eigenvalue weighted by molar-refractivity contribution is 0.616. The topological polar surface area (TPSA) is 3.24 Å². The van der Waals surface area contributed by atoms with E-state index in [1.165, 1.54) is 23.3 Å². The Morgan fingerprint density at radius 3 is 1.62 bits per heavy atom. The molecule has 5 rings (SSSR count). The highest BCUT2D eigenvalue weighted by atomic mass is 31.2. The fraction of sp³-hybridized carbons (Fsp3) is 0.235. The monoisotopic (exact) mass is 559 g/mol. The summed E-state index contributed by atoms with van der Waals surface area (Å²) in [4.78, 5) is 0. The molecule has 0 amide bonds. The van der Waals surface area contributed by atoms with Gasteiger partial charge in [0.15, 0.2) is 0 Å². The zero-order chi connectivity index (χ0) is 27.5. The molecular formula is C34H37F2NP2. The van der Waals surface area contributed by atoms with Gasteiger partial charge in [-0.2, -0.15) is 6.66 Å². The Balaban J connectivity index is 1.79. The largest absolute Gasteiger partial charge is 0.207 e. The third-order valence-corrected chi connectivity index (χ3v) is 17.7. The van der Waals surface area contributed by atoms with Crippen molar-refractivity contribution in [1.29, 1.82) is 0 Å². The first-order valence-electron chi connectivity index (χ1n) is 13.8. The summed E-state index contributed by atoms with van der Waals surface area (Å²) in [5, 5.41) is 1.66. The van der Waals surface area contributed by atoms with Gasteiger partial charge in [-0.25, -0.2) is 8.78 Å². The van der Waals surface area contributed by atoms with Crippen LogP contribution in [0.5, 0.6) is 0 Å². The van der Waals surface area contributed by atoms with E-state index < -0.39 is 14.8 Å².